The van der Waals surface area contributed by atoms with Crippen LogP contribution in [0.2, 0.25) is 0 Å². The maximum atomic E-state index is 11.7. The molecule has 102 valence electrons. The van der Waals surface area contributed by atoms with Crippen molar-refractivity contribution in [2.75, 3.05) is 33.3 Å². The Morgan fingerprint density at radius 3 is 2.35 bits per heavy atom. The van der Waals surface area contributed by atoms with Crippen LogP contribution in [-0.2, 0) is 0 Å². The Kier molecular flexibility index (Phi) is 7.91. The van der Waals surface area contributed by atoms with Crippen molar-refractivity contribution in [1.82, 2.24) is 15.1 Å². The molecule has 0 aromatic rings. The van der Waals surface area contributed by atoms with Crippen molar-refractivity contribution < 1.29 is 9.90 Å². The highest BCUT2D eigenvalue weighted by molar-refractivity contribution is 5.74. The number of hydrogen-bond acceptors (Lipinski definition) is 3. The van der Waals surface area contributed by atoms with Gasteiger partial charge in [0.15, 0.2) is 0 Å². The van der Waals surface area contributed by atoms with Crippen LogP contribution in [0.25, 0.3) is 0 Å². The van der Waals surface area contributed by atoms with Crippen molar-refractivity contribution in [2.24, 2.45) is 0 Å². The molecule has 1 unspecified atom stereocenters. The molecule has 0 saturated carbocycles. The van der Waals surface area contributed by atoms with Crippen LogP contribution in [0.4, 0.5) is 4.79 Å². The quantitative estimate of drug-likeness (QED) is 0.695. The lowest BCUT2D eigenvalue weighted by molar-refractivity contribution is 0.155. The molecule has 1 atom stereocenters. The van der Waals surface area contributed by atoms with Crippen LogP contribution in [0.15, 0.2) is 0 Å². The summed E-state index contributed by atoms with van der Waals surface area (Å²) in [5.74, 6) is 0. The average Bonchev–Trinajstić information content (AvgIpc) is 2.31. The van der Waals surface area contributed by atoms with E-state index in [4.69, 9.17) is 5.11 Å². The Morgan fingerprint density at radius 2 is 1.94 bits per heavy atom. The van der Waals surface area contributed by atoms with Gasteiger partial charge in [-0.1, -0.05) is 6.92 Å². The summed E-state index contributed by atoms with van der Waals surface area (Å²) in [5.41, 5.74) is 0. The van der Waals surface area contributed by atoms with E-state index in [2.05, 4.69) is 31.0 Å². The molecule has 0 aromatic heterocycles. The molecule has 0 radical (unpaired) electrons. The van der Waals surface area contributed by atoms with E-state index in [-0.39, 0.29) is 18.7 Å². The van der Waals surface area contributed by atoms with E-state index in [1.165, 1.54) is 4.90 Å². The van der Waals surface area contributed by atoms with Gasteiger partial charge < -0.3 is 15.3 Å². The van der Waals surface area contributed by atoms with Crippen LogP contribution >= 0.6 is 0 Å². The van der Waals surface area contributed by atoms with Gasteiger partial charge in [0.25, 0.3) is 0 Å². The van der Waals surface area contributed by atoms with E-state index in [0.717, 1.165) is 13.1 Å². The summed E-state index contributed by atoms with van der Waals surface area (Å²) in [6.07, 6.45) is 0. The molecule has 5 heteroatoms. The fourth-order valence-electron chi connectivity index (χ4n) is 1.54. The molecule has 0 spiro atoms. The number of likely N-dealkylation sites (N-methyl/N-ethyl adjacent to an activating group) is 2. The number of carbonyl (C=O) groups excluding carboxylic acids is 1. The van der Waals surface area contributed by atoms with Crippen LogP contribution in [0, 0.1) is 0 Å². The fraction of sp³-hybridized carbons (Fsp3) is 0.917. The summed E-state index contributed by atoms with van der Waals surface area (Å²) in [7, 11) is 1.69. The van der Waals surface area contributed by atoms with Gasteiger partial charge in [-0.3, -0.25) is 4.90 Å². The van der Waals surface area contributed by atoms with Crippen molar-refractivity contribution in [2.45, 2.75) is 39.8 Å². The lowest BCUT2D eigenvalue weighted by atomic mass is 10.3. The number of aliphatic hydroxyl groups is 1. The molecule has 5 nitrogen and oxygen atoms in total. The van der Waals surface area contributed by atoms with Crippen molar-refractivity contribution in [3.63, 3.8) is 0 Å². The van der Waals surface area contributed by atoms with Gasteiger partial charge in [0.05, 0.1) is 12.6 Å². The van der Waals surface area contributed by atoms with E-state index in [0.29, 0.717) is 12.6 Å². The molecule has 0 rings (SSSR count). The summed E-state index contributed by atoms with van der Waals surface area (Å²) in [6, 6.07) is 0.208. The molecule has 0 aliphatic carbocycles. The molecule has 0 saturated heterocycles. The zero-order valence-electron chi connectivity index (χ0n) is 11.7. The van der Waals surface area contributed by atoms with E-state index in [9.17, 15) is 4.79 Å². The Morgan fingerprint density at radius 1 is 1.35 bits per heavy atom. The highest BCUT2D eigenvalue weighted by atomic mass is 16.3. The van der Waals surface area contributed by atoms with Gasteiger partial charge in [-0.15, -0.1) is 0 Å². The summed E-state index contributed by atoms with van der Waals surface area (Å²) in [5, 5.41) is 11.8. The smallest absolute Gasteiger partial charge is 0.317 e. The lowest BCUT2D eigenvalue weighted by Crippen LogP contribution is -2.46. The minimum absolute atomic E-state index is 0.0169. The molecular formula is C12H27N3O2. The van der Waals surface area contributed by atoms with Crippen molar-refractivity contribution >= 4 is 6.03 Å². The van der Waals surface area contributed by atoms with Crippen molar-refractivity contribution in [3.05, 3.63) is 0 Å². The van der Waals surface area contributed by atoms with Gasteiger partial charge >= 0.3 is 6.03 Å². The monoisotopic (exact) mass is 245 g/mol. The molecule has 0 aliphatic rings. The summed E-state index contributed by atoms with van der Waals surface area (Å²) in [6.45, 7) is 10.7. The second kappa shape index (κ2) is 8.31. The molecule has 0 fully saturated rings. The van der Waals surface area contributed by atoms with Gasteiger partial charge in [0.2, 0.25) is 0 Å². The number of rotatable bonds is 7. The summed E-state index contributed by atoms with van der Waals surface area (Å²) < 4.78 is 0. The van der Waals surface area contributed by atoms with Gasteiger partial charge in [-0.25, -0.2) is 4.79 Å². The zero-order valence-corrected chi connectivity index (χ0v) is 11.7. The van der Waals surface area contributed by atoms with E-state index in [1.807, 2.05) is 6.92 Å². The average molecular weight is 245 g/mol. The second-order valence-corrected chi connectivity index (χ2v) is 4.60. The fourth-order valence-corrected chi connectivity index (χ4v) is 1.54. The number of hydrogen-bond donors (Lipinski definition) is 2. The molecule has 0 aromatic carbocycles. The number of aliphatic hydroxyl groups excluding tert-OH is 1. The molecule has 2 amide bonds. The van der Waals surface area contributed by atoms with E-state index in [1.54, 1.807) is 7.05 Å². The molecule has 0 heterocycles. The minimum atomic E-state index is -0.151. The Labute approximate surface area is 105 Å². The first-order chi connectivity index (χ1) is 7.93. The minimum Gasteiger partial charge on any atom is -0.394 e. The van der Waals surface area contributed by atoms with Crippen LogP contribution in [0.1, 0.15) is 27.7 Å². The number of amides is 2. The number of nitrogens with zero attached hydrogens (tertiary/aromatic N) is 2. The highest BCUT2D eigenvalue weighted by Crippen LogP contribution is 1.97. The first-order valence-corrected chi connectivity index (χ1v) is 6.29. The van der Waals surface area contributed by atoms with Crippen molar-refractivity contribution in [3.8, 4) is 0 Å². The topological polar surface area (TPSA) is 55.8 Å². The normalized spacial score (nSPS) is 12.9. The van der Waals surface area contributed by atoms with Crippen LogP contribution < -0.4 is 5.32 Å². The molecular weight excluding hydrogens is 218 g/mol. The maximum Gasteiger partial charge on any atom is 0.317 e. The van der Waals surface area contributed by atoms with Gasteiger partial charge in [0.1, 0.15) is 0 Å². The highest BCUT2D eigenvalue weighted by Gasteiger charge is 2.14. The number of carbonyl (C=O) groups is 1. The number of nitrogens with one attached hydrogen (secondary N) is 1. The van der Waals surface area contributed by atoms with Gasteiger partial charge in [0, 0.05) is 26.2 Å². The Hall–Kier alpha value is -0.810. The molecule has 0 bridgehead atoms. The largest absolute Gasteiger partial charge is 0.394 e. The second-order valence-electron chi connectivity index (χ2n) is 4.60. The first kappa shape index (κ1) is 16.2. The standard InChI is InChI=1S/C12H27N3O2/c1-6-15(10(2)3)8-7-13-12(17)14(5)11(4)9-16/h10-11,16H,6-9H2,1-5H3,(H,13,17). The molecule has 0 aliphatic heterocycles. The SMILES string of the molecule is CCN(CCNC(=O)N(C)C(C)CO)C(C)C. The molecule has 17 heavy (non-hydrogen) atoms. The van der Waals surface area contributed by atoms with Crippen LogP contribution in [0.5, 0.6) is 0 Å². The van der Waals surface area contributed by atoms with Gasteiger partial charge in [-0.2, -0.15) is 0 Å². The predicted octanol–water partition coefficient (Wildman–Crippen LogP) is 0.739. The van der Waals surface area contributed by atoms with E-state index < -0.39 is 0 Å². The van der Waals surface area contributed by atoms with Crippen LogP contribution in [-0.4, -0.2) is 66.3 Å². The maximum absolute atomic E-state index is 11.7. The third kappa shape index (κ3) is 5.89. The third-order valence-corrected chi connectivity index (χ3v) is 3.06. The van der Waals surface area contributed by atoms with Gasteiger partial charge in [-0.05, 0) is 27.3 Å². The van der Waals surface area contributed by atoms with E-state index >= 15 is 0 Å². The predicted molar refractivity (Wildman–Crippen MR) is 70.1 cm³/mol. The lowest BCUT2D eigenvalue weighted by Gasteiger charge is -2.27. The zero-order chi connectivity index (χ0) is 13.4. The van der Waals surface area contributed by atoms with Crippen molar-refractivity contribution in [1.29, 1.82) is 0 Å². The Bertz CT molecular complexity index is 222. The third-order valence-electron chi connectivity index (χ3n) is 3.06. The first-order valence-electron chi connectivity index (χ1n) is 6.29. The molecule has 2 N–H and O–H groups in total. The summed E-state index contributed by atoms with van der Waals surface area (Å²) >= 11 is 0. The number of urea groups is 1. The van der Waals surface area contributed by atoms with Crippen LogP contribution in [0.3, 0.4) is 0 Å². The Balaban J connectivity index is 3.92. The summed E-state index contributed by atoms with van der Waals surface area (Å²) in [4.78, 5) is 15.5.